The number of likely N-dealkylation sites (tertiary alicyclic amines) is 1. The minimum absolute atomic E-state index is 0.166. The first-order valence-corrected chi connectivity index (χ1v) is 6.97. The molecule has 92 valence electrons. The van der Waals surface area contributed by atoms with E-state index in [4.69, 9.17) is 5.73 Å². The molecule has 1 aliphatic rings. The van der Waals surface area contributed by atoms with Gasteiger partial charge in [-0.1, -0.05) is 0 Å². The summed E-state index contributed by atoms with van der Waals surface area (Å²) in [5, 5.41) is 11.3. The van der Waals surface area contributed by atoms with Gasteiger partial charge < -0.3 is 15.7 Å². The maximum atomic E-state index is 12.1. The van der Waals surface area contributed by atoms with E-state index in [1.165, 1.54) is 16.2 Å². The quantitative estimate of drug-likeness (QED) is 0.744. The van der Waals surface area contributed by atoms with Crippen LogP contribution >= 0.6 is 33.9 Å². The number of thiophene rings is 1. The van der Waals surface area contributed by atoms with Crippen molar-refractivity contribution in [2.45, 2.75) is 18.6 Å². The number of primary amides is 1. The number of halogens is 1. The van der Waals surface area contributed by atoms with Crippen LogP contribution in [-0.2, 0) is 4.79 Å². The molecule has 2 unspecified atom stereocenters. The van der Waals surface area contributed by atoms with E-state index < -0.39 is 18.1 Å². The molecule has 17 heavy (non-hydrogen) atoms. The Morgan fingerprint density at radius 1 is 1.59 bits per heavy atom. The van der Waals surface area contributed by atoms with Crippen molar-refractivity contribution in [3.63, 3.8) is 0 Å². The largest absolute Gasteiger partial charge is 0.391 e. The van der Waals surface area contributed by atoms with E-state index in [2.05, 4.69) is 22.6 Å². The molecule has 2 amide bonds. The van der Waals surface area contributed by atoms with Crippen molar-refractivity contribution in [2.75, 3.05) is 6.54 Å². The normalized spacial score (nSPS) is 24.0. The molecule has 1 fully saturated rings. The number of carbonyl (C=O) groups excluding carboxylic acids is 2. The molecule has 2 rings (SSSR count). The molecular weight excluding hydrogens is 355 g/mol. The maximum Gasteiger partial charge on any atom is 0.255 e. The summed E-state index contributed by atoms with van der Waals surface area (Å²) in [6.07, 6.45) is -0.448. The molecule has 1 saturated heterocycles. The van der Waals surface area contributed by atoms with Crippen molar-refractivity contribution < 1.29 is 14.7 Å². The second-order valence-corrected chi connectivity index (χ2v) is 6.71. The van der Waals surface area contributed by atoms with E-state index in [0.717, 1.165) is 2.88 Å². The van der Waals surface area contributed by atoms with Gasteiger partial charge in [-0.05, 0) is 28.7 Å². The third-order valence-corrected chi connectivity index (χ3v) is 4.47. The Labute approximate surface area is 116 Å². The first-order valence-electron chi connectivity index (χ1n) is 5.01. The van der Waals surface area contributed by atoms with Gasteiger partial charge in [0, 0.05) is 18.3 Å². The first-order chi connectivity index (χ1) is 7.99. The minimum Gasteiger partial charge on any atom is -0.391 e. The number of hydrogen-bond acceptors (Lipinski definition) is 4. The Hall–Kier alpha value is -0.670. The summed E-state index contributed by atoms with van der Waals surface area (Å²) in [7, 11) is 0. The number of aliphatic hydroxyl groups excluding tert-OH is 1. The lowest BCUT2D eigenvalue weighted by Gasteiger charge is -2.21. The van der Waals surface area contributed by atoms with Gasteiger partial charge in [-0.3, -0.25) is 9.59 Å². The molecule has 5 nitrogen and oxygen atoms in total. The summed E-state index contributed by atoms with van der Waals surface area (Å²) < 4.78 is 1.00. The number of carbonyl (C=O) groups is 2. The van der Waals surface area contributed by atoms with Crippen LogP contribution in [0.1, 0.15) is 16.8 Å². The molecule has 3 N–H and O–H groups in total. The van der Waals surface area contributed by atoms with Gasteiger partial charge in [-0.15, -0.1) is 11.3 Å². The van der Waals surface area contributed by atoms with E-state index in [0.29, 0.717) is 5.56 Å². The molecule has 0 aliphatic carbocycles. The van der Waals surface area contributed by atoms with Gasteiger partial charge in [-0.2, -0.15) is 0 Å². The average Bonchev–Trinajstić information content (AvgIpc) is 2.83. The molecule has 1 aromatic heterocycles. The van der Waals surface area contributed by atoms with Crippen LogP contribution in [0.3, 0.4) is 0 Å². The highest BCUT2D eigenvalue weighted by molar-refractivity contribution is 14.1. The van der Waals surface area contributed by atoms with Gasteiger partial charge in [0.25, 0.3) is 5.91 Å². The number of rotatable bonds is 2. The van der Waals surface area contributed by atoms with Crippen LogP contribution in [0.25, 0.3) is 0 Å². The van der Waals surface area contributed by atoms with Crippen molar-refractivity contribution in [3.05, 3.63) is 19.9 Å². The molecule has 1 aliphatic heterocycles. The summed E-state index contributed by atoms with van der Waals surface area (Å²) in [5.74, 6) is -0.815. The molecular formula is C10H11IN2O3S. The van der Waals surface area contributed by atoms with Gasteiger partial charge in [0.2, 0.25) is 5.91 Å². The highest BCUT2D eigenvalue weighted by atomic mass is 127. The van der Waals surface area contributed by atoms with Crippen LogP contribution in [0, 0.1) is 2.88 Å². The Morgan fingerprint density at radius 2 is 2.29 bits per heavy atom. The Bertz CT molecular complexity index is 462. The zero-order chi connectivity index (χ0) is 12.6. The second kappa shape index (κ2) is 4.91. The topological polar surface area (TPSA) is 83.6 Å². The Morgan fingerprint density at radius 3 is 2.82 bits per heavy atom. The Kier molecular flexibility index (Phi) is 3.69. The SMILES string of the molecule is NC(=O)C1CC(O)CN1C(=O)c1csc(I)c1. The summed E-state index contributed by atoms with van der Waals surface area (Å²) in [6.45, 7) is 0.166. The van der Waals surface area contributed by atoms with Crippen LogP contribution < -0.4 is 5.73 Å². The van der Waals surface area contributed by atoms with E-state index >= 15 is 0 Å². The fourth-order valence-electron chi connectivity index (χ4n) is 1.90. The fourth-order valence-corrected chi connectivity index (χ4v) is 3.22. The summed E-state index contributed by atoms with van der Waals surface area (Å²) >= 11 is 3.59. The standard InChI is InChI=1S/C10H11IN2O3S/c11-8-1-5(4-17-8)10(16)13-3-6(14)2-7(13)9(12)15/h1,4,6-7,14H,2-3H2,(H2,12,15). The average molecular weight is 366 g/mol. The number of hydrogen-bond donors (Lipinski definition) is 2. The monoisotopic (exact) mass is 366 g/mol. The van der Waals surface area contributed by atoms with Crippen molar-refractivity contribution in [1.82, 2.24) is 4.90 Å². The minimum atomic E-state index is -0.699. The van der Waals surface area contributed by atoms with Crippen LogP contribution in [-0.4, -0.2) is 40.5 Å². The third-order valence-electron chi connectivity index (χ3n) is 2.68. The van der Waals surface area contributed by atoms with Crippen LogP contribution in [0.4, 0.5) is 0 Å². The lowest BCUT2D eigenvalue weighted by Crippen LogP contribution is -2.43. The van der Waals surface area contributed by atoms with Gasteiger partial charge in [0.05, 0.1) is 14.6 Å². The number of nitrogens with two attached hydrogens (primary N) is 1. The lowest BCUT2D eigenvalue weighted by molar-refractivity contribution is -0.121. The molecule has 0 saturated carbocycles. The molecule has 0 bridgehead atoms. The van der Waals surface area contributed by atoms with E-state index in [-0.39, 0.29) is 18.9 Å². The number of amides is 2. The van der Waals surface area contributed by atoms with Crippen molar-refractivity contribution in [2.24, 2.45) is 5.73 Å². The zero-order valence-corrected chi connectivity index (χ0v) is 11.8. The fraction of sp³-hybridized carbons (Fsp3) is 0.400. The van der Waals surface area contributed by atoms with Crippen molar-refractivity contribution >= 4 is 45.7 Å². The number of aliphatic hydroxyl groups is 1. The van der Waals surface area contributed by atoms with Crippen molar-refractivity contribution in [3.8, 4) is 0 Å². The zero-order valence-electron chi connectivity index (χ0n) is 8.80. The maximum absolute atomic E-state index is 12.1. The molecule has 0 radical (unpaired) electrons. The van der Waals surface area contributed by atoms with Crippen LogP contribution in [0.5, 0.6) is 0 Å². The molecule has 7 heteroatoms. The van der Waals surface area contributed by atoms with Gasteiger partial charge in [0.15, 0.2) is 0 Å². The third kappa shape index (κ3) is 2.61. The highest BCUT2D eigenvalue weighted by Gasteiger charge is 2.38. The molecule has 2 heterocycles. The Balaban J connectivity index is 2.21. The van der Waals surface area contributed by atoms with E-state index in [9.17, 15) is 14.7 Å². The number of nitrogens with zero attached hydrogens (tertiary/aromatic N) is 1. The highest BCUT2D eigenvalue weighted by Crippen LogP contribution is 2.23. The van der Waals surface area contributed by atoms with Gasteiger partial charge in [0.1, 0.15) is 6.04 Å². The first kappa shape index (κ1) is 12.8. The van der Waals surface area contributed by atoms with E-state index in [1.54, 1.807) is 11.4 Å². The molecule has 0 spiro atoms. The number of β-amino-alcohol motifs (C(OH)–C–C–N with tert-alkyl or cyclic N) is 1. The van der Waals surface area contributed by atoms with Gasteiger partial charge in [-0.25, -0.2) is 0 Å². The van der Waals surface area contributed by atoms with Crippen LogP contribution in [0.2, 0.25) is 0 Å². The smallest absolute Gasteiger partial charge is 0.255 e. The summed E-state index contributed by atoms with van der Waals surface area (Å²) in [5.41, 5.74) is 5.77. The molecule has 0 aromatic carbocycles. The predicted molar refractivity (Wildman–Crippen MR) is 71.7 cm³/mol. The lowest BCUT2D eigenvalue weighted by atomic mass is 10.2. The van der Waals surface area contributed by atoms with Crippen LogP contribution in [0.15, 0.2) is 11.4 Å². The summed E-state index contributed by atoms with van der Waals surface area (Å²) in [4.78, 5) is 24.7. The molecule has 2 atom stereocenters. The van der Waals surface area contributed by atoms with Crippen molar-refractivity contribution in [1.29, 1.82) is 0 Å². The second-order valence-electron chi connectivity index (χ2n) is 3.90. The predicted octanol–water partition coefficient (Wildman–Crippen LogP) is 0.413. The molecule has 1 aromatic rings. The summed E-state index contributed by atoms with van der Waals surface area (Å²) in [6, 6.07) is 1.06. The van der Waals surface area contributed by atoms with Gasteiger partial charge >= 0.3 is 0 Å². The van der Waals surface area contributed by atoms with E-state index in [1.807, 2.05) is 0 Å².